The van der Waals surface area contributed by atoms with Crippen LogP contribution in [0.25, 0.3) is 0 Å². The first-order valence-corrected chi connectivity index (χ1v) is 3.36. The Kier molecular flexibility index (Phi) is 1.73. The van der Waals surface area contributed by atoms with Gasteiger partial charge in [-0.3, -0.25) is 5.73 Å². The van der Waals surface area contributed by atoms with E-state index in [1.165, 1.54) is 0 Å². The van der Waals surface area contributed by atoms with Gasteiger partial charge < -0.3 is 5.73 Å². The predicted molar refractivity (Wildman–Crippen MR) is 34.5 cm³/mol. The molecule has 0 aromatic rings. The molecule has 2 unspecified atom stereocenters. The van der Waals surface area contributed by atoms with Crippen LogP contribution >= 0.6 is 0 Å². The van der Waals surface area contributed by atoms with E-state index in [0.29, 0.717) is 6.42 Å². The van der Waals surface area contributed by atoms with Crippen molar-refractivity contribution in [1.82, 2.24) is 0 Å². The Morgan fingerprint density at radius 3 is 2.44 bits per heavy atom. The standard InChI is InChI=1S/C6H13FN2/c7-6(9)4-2-1-3-5(6)8/h5H,1-4,8-9H2. The third kappa shape index (κ3) is 1.40. The Balaban J connectivity index is 2.49. The van der Waals surface area contributed by atoms with E-state index in [4.69, 9.17) is 11.5 Å². The molecule has 0 aromatic heterocycles. The van der Waals surface area contributed by atoms with Gasteiger partial charge in [0.2, 0.25) is 0 Å². The molecule has 0 heterocycles. The van der Waals surface area contributed by atoms with Crippen LogP contribution in [-0.4, -0.2) is 11.8 Å². The number of alkyl halides is 1. The Morgan fingerprint density at radius 2 is 2.11 bits per heavy atom. The van der Waals surface area contributed by atoms with Gasteiger partial charge in [-0.25, -0.2) is 4.39 Å². The minimum absolute atomic E-state index is 0.425. The molecule has 0 aliphatic heterocycles. The fourth-order valence-electron chi connectivity index (χ4n) is 1.19. The molecule has 3 heteroatoms. The van der Waals surface area contributed by atoms with Crippen LogP contribution in [0.5, 0.6) is 0 Å². The normalized spacial score (nSPS) is 45.0. The molecule has 0 saturated heterocycles. The van der Waals surface area contributed by atoms with Crippen molar-refractivity contribution in [2.24, 2.45) is 11.5 Å². The lowest BCUT2D eigenvalue weighted by molar-refractivity contribution is 0.0890. The van der Waals surface area contributed by atoms with Crippen LogP contribution in [0.3, 0.4) is 0 Å². The highest BCUT2D eigenvalue weighted by molar-refractivity contribution is 4.87. The molecular weight excluding hydrogens is 119 g/mol. The van der Waals surface area contributed by atoms with Crippen molar-refractivity contribution >= 4 is 0 Å². The first-order valence-electron chi connectivity index (χ1n) is 3.36. The highest BCUT2D eigenvalue weighted by Crippen LogP contribution is 2.25. The Hall–Kier alpha value is -0.150. The van der Waals surface area contributed by atoms with Gasteiger partial charge in [-0.15, -0.1) is 0 Å². The summed E-state index contributed by atoms with van der Waals surface area (Å²) in [7, 11) is 0. The van der Waals surface area contributed by atoms with E-state index in [-0.39, 0.29) is 0 Å². The highest BCUT2D eigenvalue weighted by atomic mass is 19.1. The summed E-state index contributed by atoms with van der Waals surface area (Å²) >= 11 is 0. The minimum atomic E-state index is -1.59. The lowest BCUT2D eigenvalue weighted by Gasteiger charge is -2.31. The number of hydrogen-bond donors (Lipinski definition) is 2. The Bertz CT molecular complexity index is 103. The van der Waals surface area contributed by atoms with Gasteiger partial charge in [0, 0.05) is 0 Å². The Labute approximate surface area is 54.4 Å². The predicted octanol–water partition coefficient (Wildman–Crippen LogP) is 0.512. The molecule has 0 aromatic carbocycles. The molecule has 1 fully saturated rings. The fraction of sp³-hybridized carbons (Fsp3) is 1.00. The third-order valence-corrected chi connectivity index (χ3v) is 1.94. The highest BCUT2D eigenvalue weighted by Gasteiger charge is 2.34. The molecule has 1 rings (SSSR count). The van der Waals surface area contributed by atoms with Crippen LogP contribution in [0.15, 0.2) is 0 Å². The van der Waals surface area contributed by atoms with Crippen LogP contribution in [-0.2, 0) is 0 Å². The van der Waals surface area contributed by atoms with Crippen molar-refractivity contribution in [3.05, 3.63) is 0 Å². The average molecular weight is 132 g/mol. The largest absolute Gasteiger partial charge is 0.324 e. The van der Waals surface area contributed by atoms with E-state index in [2.05, 4.69) is 0 Å². The summed E-state index contributed by atoms with van der Waals surface area (Å²) in [5.74, 6) is -1.59. The smallest absolute Gasteiger partial charge is 0.174 e. The van der Waals surface area contributed by atoms with E-state index >= 15 is 0 Å². The lowest BCUT2D eigenvalue weighted by Crippen LogP contribution is -2.53. The van der Waals surface area contributed by atoms with Gasteiger partial charge >= 0.3 is 0 Å². The molecule has 2 nitrogen and oxygen atoms in total. The first kappa shape index (κ1) is 6.96. The minimum Gasteiger partial charge on any atom is -0.324 e. The zero-order chi connectivity index (χ0) is 6.91. The number of nitrogens with two attached hydrogens (primary N) is 2. The maximum Gasteiger partial charge on any atom is 0.174 e. The molecule has 2 atom stereocenters. The molecule has 0 amide bonds. The maximum atomic E-state index is 12.9. The van der Waals surface area contributed by atoms with Gasteiger partial charge in [-0.05, 0) is 19.3 Å². The van der Waals surface area contributed by atoms with E-state index in [0.717, 1.165) is 19.3 Å². The van der Waals surface area contributed by atoms with Crippen LogP contribution in [0.4, 0.5) is 4.39 Å². The van der Waals surface area contributed by atoms with Gasteiger partial charge in [-0.2, -0.15) is 0 Å². The molecule has 4 N–H and O–H groups in total. The SMILES string of the molecule is NC1CCCCC1(N)F. The number of hydrogen-bond acceptors (Lipinski definition) is 2. The van der Waals surface area contributed by atoms with Gasteiger partial charge in [0.1, 0.15) is 0 Å². The topological polar surface area (TPSA) is 52.0 Å². The van der Waals surface area contributed by atoms with Crippen molar-refractivity contribution in [1.29, 1.82) is 0 Å². The van der Waals surface area contributed by atoms with Crippen molar-refractivity contribution in [2.75, 3.05) is 0 Å². The zero-order valence-corrected chi connectivity index (χ0v) is 5.44. The van der Waals surface area contributed by atoms with Gasteiger partial charge in [0.05, 0.1) is 6.04 Å². The summed E-state index contributed by atoms with van der Waals surface area (Å²) in [4.78, 5) is 0. The van der Waals surface area contributed by atoms with E-state index in [1.807, 2.05) is 0 Å². The number of halogens is 1. The molecule has 0 bridgehead atoms. The zero-order valence-electron chi connectivity index (χ0n) is 5.44. The molecule has 0 radical (unpaired) electrons. The van der Waals surface area contributed by atoms with Crippen molar-refractivity contribution in [3.63, 3.8) is 0 Å². The molecule has 0 spiro atoms. The van der Waals surface area contributed by atoms with E-state index < -0.39 is 11.8 Å². The van der Waals surface area contributed by atoms with Crippen LogP contribution in [0, 0.1) is 0 Å². The first-order chi connectivity index (χ1) is 4.13. The summed E-state index contributed by atoms with van der Waals surface area (Å²) in [6, 6.07) is -0.439. The quantitative estimate of drug-likeness (QED) is 0.472. The van der Waals surface area contributed by atoms with E-state index in [1.54, 1.807) is 0 Å². The Morgan fingerprint density at radius 1 is 1.44 bits per heavy atom. The van der Waals surface area contributed by atoms with Crippen LogP contribution < -0.4 is 11.5 Å². The van der Waals surface area contributed by atoms with Crippen molar-refractivity contribution in [3.8, 4) is 0 Å². The maximum absolute atomic E-state index is 12.9. The second kappa shape index (κ2) is 2.23. The number of rotatable bonds is 0. The lowest BCUT2D eigenvalue weighted by atomic mass is 9.89. The molecule has 1 saturated carbocycles. The van der Waals surface area contributed by atoms with Crippen LogP contribution in [0.2, 0.25) is 0 Å². The molecular formula is C6H13FN2. The molecule has 9 heavy (non-hydrogen) atoms. The monoisotopic (exact) mass is 132 g/mol. The average Bonchev–Trinajstić information content (AvgIpc) is 1.77. The van der Waals surface area contributed by atoms with Crippen molar-refractivity contribution in [2.45, 2.75) is 37.5 Å². The van der Waals surface area contributed by atoms with E-state index in [9.17, 15) is 4.39 Å². The van der Waals surface area contributed by atoms with Crippen LogP contribution in [0.1, 0.15) is 25.7 Å². The van der Waals surface area contributed by atoms with Gasteiger partial charge in [-0.1, -0.05) is 6.42 Å². The summed E-state index contributed by atoms with van der Waals surface area (Å²) < 4.78 is 12.9. The van der Waals surface area contributed by atoms with Gasteiger partial charge in [0.25, 0.3) is 0 Å². The van der Waals surface area contributed by atoms with Gasteiger partial charge in [0.15, 0.2) is 5.79 Å². The summed E-state index contributed by atoms with van der Waals surface area (Å²) in [5.41, 5.74) is 10.6. The fourth-order valence-corrected chi connectivity index (χ4v) is 1.19. The van der Waals surface area contributed by atoms with Crippen molar-refractivity contribution < 1.29 is 4.39 Å². The summed E-state index contributed by atoms with van der Waals surface area (Å²) in [5, 5.41) is 0. The second-order valence-corrected chi connectivity index (χ2v) is 2.78. The molecule has 1 aliphatic carbocycles. The third-order valence-electron chi connectivity index (χ3n) is 1.94. The second-order valence-electron chi connectivity index (χ2n) is 2.78. The molecule has 54 valence electrons. The molecule has 1 aliphatic rings. The summed E-state index contributed by atoms with van der Waals surface area (Å²) in [6.07, 6.45) is 3.05. The summed E-state index contributed by atoms with van der Waals surface area (Å²) in [6.45, 7) is 0.